The molecule has 0 radical (unpaired) electrons. The van der Waals surface area contributed by atoms with E-state index in [1.54, 1.807) is 0 Å². The van der Waals surface area contributed by atoms with Crippen LogP contribution >= 0.6 is 0 Å². The molecule has 1 aliphatic carbocycles. The predicted molar refractivity (Wildman–Crippen MR) is 70.8 cm³/mol. The Morgan fingerprint density at radius 1 is 1.35 bits per heavy atom. The van der Waals surface area contributed by atoms with Gasteiger partial charge >= 0.3 is 0 Å². The fourth-order valence-electron chi connectivity index (χ4n) is 2.70. The number of hydrogen-bond acceptors (Lipinski definition) is 2. The highest BCUT2D eigenvalue weighted by atomic mass is 15.1. The first-order valence-electron chi connectivity index (χ1n) is 7.10. The Morgan fingerprint density at radius 3 is 2.94 bits per heavy atom. The molecule has 3 heteroatoms. The molecule has 1 heterocycles. The smallest absolute Gasteiger partial charge is 0.0948 e. The van der Waals surface area contributed by atoms with Gasteiger partial charge in [-0.05, 0) is 31.7 Å². The van der Waals surface area contributed by atoms with Crippen molar-refractivity contribution in [3.8, 4) is 0 Å². The Bertz CT molecular complexity index is 313. The van der Waals surface area contributed by atoms with E-state index in [1.807, 2.05) is 12.5 Å². The summed E-state index contributed by atoms with van der Waals surface area (Å²) in [6, 6.07) is 0. The highest BCUT2D eigenvalue weighted by molar-refractivity contribution is 4.98. The van der Waals surface area contributed by atoms with Crippen LogP contribution in [0.15, 0.2) is 12.5 Å². The summed E-state index contributed by atoms with van der Waals surface area (Å²) >= 11 is 0. The first-order chi connectivity index (χ1) is 8.40. The van der Waals surface area contributed by atoms with Crippen molar-refractivity contribution in [2.45, 2.75) is 58.5 Å². The summed E-state index contributed by atoms with van der Waals surface area (Å²) in [4.78, 5) is 4.29. The van der Waals surface area contributed by atoms with E-state index in [9.17, 15) is 0 Å². The van der Waals surface area contributed by atoms with Gasteiger partial charge in [-0.2, -0.15) is 0 Å². The average molecular weight is 235 g/mol. The number of imidazole rings is 1. The quantitative estimate of drug-likeness (QED) is 0.768. The fraction of sp³-hybridized carbons (Fsp3) is 0.786. The molecule has 1 aliphatic rings. The molecule has 0 unspecified atom stereocenters. The van der Waals surface area contributed by atoms with Crippen LogP contribution in [-0.4, -0.2) is 16.1 Å². The molecule has 3 nitrogen and oxygen atoms in total. The van der Waals surface area contributed by atoms with Crippen LogP contribution in [0.5, 0.6) is 0 Å². The van der Waals surface area contributed by atoms with Crippen molar-refractivity contribution in [2.24, 2.45) is 5.92 Å². The molecule has 0 spiro atoms. The summed E-state index contributed by atoms with van der Waals surface area (Å²) in [7, 11) is 0. The molecule has 0 saturated heterocycles. The topological polar surface area (TPSA) is 29.9 Å². The number of nitrogens with zero attached hydrogens (tertiary/aromatic N) is 2. The first-order valence-corrected chi connectivity index (χ1v) is 7.10. The summed E-state index contributed by atoms with van der Waals surface area (Å²) in [5, 5.41) is 3.45. The molecule has 1 saturated carbocycles. The minimum absolute atomic E-state index is 0.878. The van der Waals surface area contributed by atoms with Gasteiger partial charge in [-0.3, -0.25) is 0 Å². The van der Waals surface area contributed by atoms with Crippen LogP contribution in [0.3, 0.4) is 0 Å². The van der Waals surface area contributed by atoms with Gasteiger partial charge in [0.25, 0.3) is 0 Å². The van der Waals surface area contributed by atoms with E-state index in [0.717, 1.165) is 19.0 Å². The van der Waals surface area contributed by atoms with Crippen molar-refractivity contribution in [3.63, 3.8) is 0 Å². The summed E-state index contributed by atoms with van der Waals surface area (Å²) in [6.45, 7) is 5.42. The van der Waals surface area contributed by atoms with Gasteiger partial charge in [0.15, 0.2) is 0 Å². The van der Waals surface area contributed by atoms with Crippen LogP contribution in [0, 0.1) is 5.92 Å². The van der Waals surface area contributed by atoms with Crippen molar-refractivity contribution < 1.29 is 0 Å². The Balaban J connectivity index is 1.84. The molecule has 1 aromatic rings. The third kappa shape index (κ3) is 3.84. The minimum Gasteiger partial charge on any atom is -0.333 e. The Kier molecular flexibility index (Phi) is 5.05. The molecule has 0 amide bonds. The molecule has 96 valence electrons. The molecule has 1 N–H and O–H groups in total. The van der Waals surface area contributed by atoms with Crippen LogP contribution in [0.25, 0.3) is 0 Å². The van der Waals surface area contributed by atoms with Crippen LogP contribution in [0.2, 0.25) is 0 Å². The SMILES string of the molecule is CCCNCc1cncn1CC1CCCCC1. The highest BCUT2D eigenvalue weighted by Gasteiger charge is 2.14. The molecule has 17 heavy (non-hydrogen) atoms. The van der Waals surface area contributed by atoms with Crippen LogP contribution in [-0.2, 0) is 13.1 Å². The molecule has 1 aromatic heterocycles. The third-order valence-electron chi connectivity index (χ3n) is 3.71. The third-order valence-corrected chi connectivity index (χ3v) is 3.71. The van der Waals surface area contributed by atoms with Crippen LogP contribution in [0.4, 0.5) is 0 Å². The van der Waals surface area contributed by atoms with Crippen molar-refractivity contribution in [3.05, 3.63) is 18.2 Å². The van der Waals surface area contributed by atoms with Gasteiger partial charge in [-0.15, -0.1) is 0 Å². The van der Waals surface area contributed by atoms with E-state index in [0.29, 0.717) is 0 Å². The van der Waals surface area contributed by atoms with Gasteiger partial charge in [-0.1, -0.05) is 26.2 Å². The van der Waals surface area contributed by atoms with Crippen LogP contribution in [0.1, 0.15) is 51.1 Å². The zero-order valence-corrected chi connectivity index (χ0v) is 11.0. The number of aromatic nitrogens is 2. The van der Waals surface area contributed by atoms with E-state index < -0.39 is 0 Å². The Hall–Kier alpha value is -0.830. The lowest BCUT2D eigenvalue weighted by molar-refractivity contribution is 0.315. The lowest BCUT2D eigenvalue weighted by Gasteiger charge is -2.22. The largest absolute Gasteiger partial charge is 0.333 e. The van der Waals surface area contributed by atoms with E-state index in [2.05, 4.69) is 21.8 Å². The molecule has 2 rings (SSSR count). The first kappa shape index (κ1) is 12.6. The Labute approximate surface area is 105 Å². The highest BCUT2D eigenvalue weighted by Crippen LogP contribution is 2.25. The maximum atomic E-state index is 4.29. The maximum absolute atomic E-state index is 4.29. The second kappa shape index (κ2) is 6.80. The molecule has 0 aliphatic heterocycles. The van der Waals surface area contributed by atoms with E-state index in [1.165, 1.54) is 50.8 Å². The van der Waals surface area contributed by atoms with Gasteiger partial charge in [-0.25, -0.2) is 4.98 Å². The van der Waals surface area contributed by atoms with Gasteiger partial charge in [0.2, 0.25) is 0 Å². The number of rotatable bonds is 6. The van der Waals surface area contributed by atoms with E-state index in [-0.39, 0.29) is 0 Å². The van der Waals surface area contributed by atoms with Crippen molar-refractivity contribution in [2.75, 3.05) is 6.54 Å². The maximum Gasteiger partial charge on any atom is 0.0948 e. The van der Waals surface area contributed by atoms with Crippen molar-refractivity contribution in [1.29, 1.82) is 0 Å². The average Bonchev–Trinajstić information content (AvgIpc) is 2.79. The van der Waals surface area contributed by atoms with Gasteiger partial charge < -0.3 is 9.88 Å². The van der Waals surface area contributed by atoms with E-state index >= 15 is 0 Å². The van der Waals surface area contributed by atoms with Gasteiger partial charge in [0, 0.05) is 19.3 Å². The molecule has 0 atom stereocenters. The summed E-state index contributed by atoms with van der Waals surface area (Å²) in [5.41, 5.74) is 1.34. The second-order valence-corrected chi connectivity index (χ2v) is 5.22. The zero-order chi connectivity index (χ0) is 11.9. The number of hydrogen-bond donors (Lipinski definition) is 1. The second-order valence-electron chi connectivity index (χ2n) is 5.22. The van der Waals surface area contributed by atoms with E-state index in [4.69, 9.17) is 0 Å². The molecule has 1 fully saturated rings. The summed E-state index contributed by atoms with van der Waals surface area (Å²) in [5.74, 6) is 0.878. The summed E-state index contributed by atoms with van der Waals surface area (Å²) < 4.78 is 2.35. The number of nitrogens with one attached hydrogen (secondary N) is 1. The minimum atomic E-state index is 0.878. The monoisotopic (exact) mass is 235 g/mol. The van der Waals surface area contributed by atoms with Crippen molar-refractivity contribution >= 4 is 0 Å². The molecular formula is C14H25N3. The van der Waals surface area contributed by atoms with Gasteiger partial charge in [0.05, 0.1) is 12.0 Å². The molecule has 0 aromatic carbocycles. The fourth-order valence-corrected chi connectivity index (χ4v) is 2.70. The Morgan fingerprint density at radius 2 is 2.18 bits per heavy atom. The summed E-state index contributed by atoms with van der Waals surface area (Å²) in [6.07, 6.45) is 12.3. The lowest BCUT2D eigenvalue weighted by Crippen LogP contribution is -2.19. The predicted octanol–water partition coefficient (Wildman–Crippen LogP) is 2.96. The van der Waals surface area contributed by atoms with Gasteiger partial charge in [0.1, 0.15) is 0 Å². The zero-order valence-electron chi connectivity index (χ0n) is 11.0. The lowest BCUT2D eigenvalue weighted by atomic mass is 9.89. The standard InChI is InChI=1S/C14H25N3/c1-2-8-15-9-14-10-16-12-17(14)11-13-6-4-3-5-7-13/h10,12-13,15H,2-9,11H2,1H3. The molecular weight excluding hydrogens is 210 g/mol. The van der Waals surface area contributed by atoms with Crippen LogP contribution < -0.4 is 5.32 Å². The van der Waals surface area contributed by atoms with Crippen molar-refractivity contribution in [1.82, 2.24) is 14.9 Å². The normalized spacial score (nSPS) is 17.5. The molecule has 0 bridgehead atoms.